The summed E-state index contributed by atoms with van der Waals surface area (Å²) in [5, 5.41) is 5.82. The Morgan fingerprint density at radius 2 is 1.77 bits per heavy atom. The van der Waals surface area contributed by atoms with Crippen LogP contribution in [-0.4, -0.2) is 18.4 Å². The summed E-state index contributed by atoms with van der Waals surface area (Å²) in [6, 6.07) is 15.1. The van der Waals surface area contributed by atoms with Gasteiger partial charge in [0, 0.05) is 22.3 Å². The Labute approximate surface area is 162 Å². The standard InChI is InChI=1S/C21H23BrN2O2/c1-2-23-19(25)15-6-5-7-18(14-15)24-20(26)21(12-3-4-13-21)16-8-10-17(22)11-9-16/h5-11,14H,2-4,12-13H2,1H3,(H,23,25)(H,24,26). The summed E-state index contributed by atoms with van der Waals surface area (Å²) in [5.74, 6) is -0.127. The molecule has 2 N–H and O–H groups in total. The molecule has 0 aliphatic heterocycles. The highest BCUT2D eigenvalue weighted by molar-refractivity contribution is 9.10. The summed E-state index contributed by atoms with van der Waals surface area (Å²) in [6.07, 6.45) is 3.78. The van der Waals surface area contributed by atoms with Gasteiger partial charge in [-0.05, 0) is 55.7 Å². The van der Waals surface area contributed by atoms with Gasteiger partial charge in [-0.25, -0.2) is 0 Å². The molecule has 1 fully saturated rings. The van der Waals surface area contributed by atoms with Crippen LogP contribution in [0.4, 0.5) is 5.69 Å². The minimum atomic E-state index is -0.498. The Hall–Kier alpha value is -2.14. The Morgan fingerprint density at radius 1 is 1.08 bits per heavy atom. The van der Waals surface area contributed by atoms with E-state index in [1.807, 2.05) is 37.3 Å². The molecule has 136 valence electrons. The summed E-state index contributed by atoms with van der Waals surface area (Å²) >= 11 is 3.46. The first-order valence-corrected chi connectivity index (χ1v) is 9.80. The lowest BCUT2D eigenvalue weighted by atomic mass is 9.78. The van der Waals surface area contributed by atoms with Gasteiger partial charge < -0.3 is 10.6 Å². The van der Waals surface area contributed by atoms with Crippen LogP contribution in [0.1, 0.15) is 48.5 Å². The maximum Gasteiger partial charge on any atom is 0.251 e. The summed E-state index contributed by atoms with van der Waals surface area (Å²) in [6.45, 7) is 2.45. The van der Waals surface area contributed by atoms with Crippen LogP contribution in [-0.2, 0) is 10.2 Å². The van der Waals surface area contributed by atoms with Crippen molar-refractivity contribution < 1.29 is 9.59 Å². The molecule has 0 atom stereocenters. The molecular weight excluding hydrogens is 392 g/mol. The van der Waals surface area contributed by atoms with Crippen LogP contribution >= 0.6 is 15.9 Å². The molecular formula is C21H23BrN2O2. The number of hydrogen-bond acceptors (Lipinski definition) is 2. The van der Waals surface area contributed by atoms with E-state index in [0.717, 1.165) is 35.7 Å². The SMILES string of the molecule is CCNC(=O)c1cccc(NC(=O)C2(c3ccc(Br)cc3)CCCC2)c1. The second-order valence-electron chi connectivity index (χ2n) is 6.69. The number of hydrogen-bond donors (Lipinski definition) is 2. The number of nitrogens with one attached hydrogen (secondary N) is 2. The molecule has 5 heteroatoms. The number of carbonyl (C=O) groups excluding carboxylic acids is 2. The molecule has 26 heavy (non-hydrogen) atoms. The van der Waals surface area contributed by atoms with Gasteiger partial charge in [-0.3, -0.25) is 9.59 Å². The second-order valence-corrected chi connectivity index (χ2v) is 7.61. The first-order chi connectivity index (χ1) is 12.5. The van der Waals surface area contributed by atoms with Crippen molar-refractivity contribution >= 4 is 33.4 Å². The number of rotatable bonds is 5. The monoisotopic (exact) mass is 414 g/mol. The van der Waals surface area contributed by atoms with E-state index in [9.17, 15) is 9.59 Å². The molecule has 3 rings (SSSR count). The number of amides is 2. The third-order valence-electron chi connectivity index (χ3n) is 5.01. The Kier molecular flexibility index (Phi) is 5.77. The van der Waals surface area contributed by atoms with Crippen LogP contribution in [0.2, 0.25) is 0 Å². The zero-order valence-electron chi connectivity index (χ0n) is 14.8. The number of halogens is 1. The van der Waals surface area contributed by atoms with E-state index >= 15 is 0 Å². The van der Waals surface area contributed by atoms with E-state index in [-0.39, 0.29) is 11.8 Å². The number of carbonyl (C=O) groups is 2. The van der Waals surface area contributed by atoms with Gasteiger partial charge in [0.2, 0.25) is 5.91 Å². The highest BCUT2D eigenvalue weighted by atomic mass is 79.9. The van der Waals surface area contributed by atoms with Crippen molar-refractivity contribution in [3.63, 3.8) is 0 Å². The predicted molar refractivity (Wildman–Crippen MR) is 107 cm³/mol. The fourth-order valence-corrected chi connectivity index (χ4v) is 3.91. The van der Waals surface area contributed by atoms with E-state index in [1.165, 1.54) is 0 Å². The van der Waals surface area contributed by atoms with Crippen molar-refractivity contribution in [1.29, 1.82) is 0 Å². The van der Waals surface area contributed by atoms with Gasteiger partial charge in [-0.15, -0.1) is 0 Å². The van der Waals surface area contributed by atoms with Gasteiger partial charge in [-0.1, -0.05) is 47.0 Å². The van der Waals surface area contributed by atoms with Gasteiger partial charge in [0.05, 0.1) is 5.41 Å². The molecule has 0 unspecified atom stereocenters. The maximum atomic E-state index is 13.2. The second kappa shape index (κ2) is 8.04. The third-order valence-corrected chi connectivity index (χ3v) is 5.54. The quantitative estimate of drug-likeness (QED) is 0.747. The first-order valence-electron chi connectivity index (χ1n) is 9.01. The lowest BCUT2D eigenvalue weighted by Crippen LogP contribution is -2.38. The highest BCUT2D eigenvalue weighted by Gasteiger charge is 2.42. The molecule has 1 saturated carbocycles. The molecule has 0 radical (unpaired) electrons. The minimum absolute atomic E-state index is 0.00497. The zero-order valence-corrected chi connectivity index (χ0v) is 16.4. The van der Waals surface area contributed by atoms with Gasteiger partial charge in [0.25, 0.3) is 5.91 Å². The fourth-order valence-electron chi connectivity index (χ4n) is 3.65. The maximum absolute atomic E-state index is 13.2. The lowest BCUT2D eigenvalue weighted by Gasteiger charge is -2.28. The molecule has 0 heterocycles. The van der Waals surface area contributed by atoms with E-state index in [1.54, 1.807) is 18.2 Å². The summed E-state index contributed by atoms with van der Waals surface area (Å²) in [5.41, 5.74) is 1.76. The minimum Gasteiger partial charge on any atom is -0.352 e. The first kappa shape index (κ1) is 18.6. The predicted octanol–water partition coefficient (Wildman–Crippen LogP) is 4.65. The average molecular weight is 415 g/mol. The molecule has 2 aromatic rings. The molecule has 0 spiro atoms. The highest BCUT2D eigenvalue weighted by Crippen LogP contribution is 2.42. The van der Waals surface area contributed by atoms with E-state index in [2.05, 4.69) is 26.6 Å². The molecule has 2 amide bonds. The van der Waals surface area contributed by atoms with E-state index in [0.29, 0.717) is 17.8 Å². The van der Waals surface area contributed by atoms with Crippen LogP contribution < -0.4 is 10.6 Å². The van der Waals surface area contributed by atoms with Gasteiger partial charge in [-0.2, -0.15) is 0 Å². The summed E-state index contributed by atoms with van der Waals surface area (Å²) in [4.78, 5) is 25.2. The topological polar surface area (TPSA) is 58.2 Å². The third kappa shape index (κ3) is 3.83. The van der Waals surface area contributed by atoms with Gasteiger partial charge in [0.1, 0.15) is 0 Å². The largest absolute Gasteiger partial charge is 0.352 e. The number of benzene rings is 2. The molecule has 2 aromatic carbocycles. The van der Waals surface area contributed by atoms with Gasteiger partial charge >= 0.3 is 0 Å². The van der Waals surface area contributed by atoms with Crippen LogP contribution in [0.15, 0.2) is 53.0 Å². The van der Waals surface area contributed by atoms with Gasteiger partial charge in [0.15, 0.2) is 0 Å². The Balaban J connectivity index is 1.84. The van der Waals surface area contributed by atoms with Crippen molar-refractivity contribution in [3.05, 3.63) is 64.1 Å². The molecule has 0 bridgehead atoms. The van der Waals surface area contributed by atoms with E-state index < -0.39 is 5.41 Å². The fraction of sp³-hybridized carbons (Fsp3) is 0.333. The van der Waals surface area contributed by atoms with Crippen LogP contribution in [0, 0.1) is 0 Å². The molecule has 4 nitrogen and oxygen atoms in total. The summed E-state index contributed by atoms with van der Waals surface area (Å²) < 4.78 is 1.00. The lowest BCUT2D eigenvalue weighted by molar-refractivity contribution is -0.121. The normalized spacial score (nSPS) is 15.5. The summed E-state index contributed by atoms with van der Waals surface area (Å²) in [7, 11) is 0. The van der Waals surface area contributed by atoms with Crippen molar-refractivity contribution in [2.75, 3.05) is 11.9 Å². The Morgan fingerprint density at radius 3 is 2.42 bits per heavy atom. The molecule has 1 aliphatic carbocycles. The van der Waals surface area contributed by atoms with Crippen molar-refractivity contribution in [1.82, 2.24) is 5.32 Å². The molecule has 1 aliphatic rings. The molecule has 0 aromatic heterocycles. The average Bonchev–Trinajstić information content (AvgIpc) is 3.14. The smallest absolute Gasteiger partial charge is 0.251 e. The zero-order chi connectivity index (χ0) is 18.6. The van der Waals surface area contributed by atoms with Crippen molar-refractivity contribution in [3.8, 4) is 0 Å². The Bertz CT molecular complexity index is 796. The van der Waals surface area contributed by atoms with Crippen LogP contribution in [0.5, 0.6) is 0 Å². The number of anilines is 1. The van der Waals surface area contributed by atoms with Crippen molar-refractivity contribution in [2.24, 2.45) is 0 Å². The van der Waals surface area contributed by atoms with E-state index in [4.69, 9.17) is 0 Å². The van der Waals surface area contributed by atoms with Crippen LogP contribution in [0.3, 0.4) is 0 Å². The van der Waals surface area contributed by atoms with Crippen molar-refractivity contribution in [2.45, 2.75) is 38.0 Å². The molecule has 0 saturated heterocycles. The van der Waals surface area contributed by atoms with Crippen LogP contribution in [0.25, 0.3) is 0 Å².